The normalized spacial score (nSPS) is 32.6. The van der Waals surface area contributed by atoms with Crippen LogP contribution in [0.4, 0.5) is 0 Å². The van der Waals surface area contributed by atoms with E-state index >= 15 is 0 Å². The minimum absolute atomic E-state index is 0.0402. The van der Waals surface area contributed by atoms with Crippen LogP contribution in [-0.2, 0) is 18.8 Å². The van der Waals surface area contributed by atoms with Crippen LogP contribution in [0, 0.1) is 17.8 Å². The van der Waals surface area contributed by atoms with E-state index in [1.54, 1.807) is 0 Å². The van der Waals surface area contributed by atoms with E-state index in [4.69, 9.17) is 9.16 Å². The van der Waals surface area contributed by atoms with E-state index in [2.05, 4.69) is 52.9 Å². The van der Waals surface area contributed by atoms with Crippen molar-refractivity contribution in [1.82, 2.24) is 0 Å². The largest absolute Gasteiger partial charge is 0.458 e. The quantitative estimate of drug-likeness (QED) is 0.424. The van der Waals surface area contributed by atoms with E-state index in [0.717, 1.165) is 11.9 Å². The zero-order valence-corrected chi connectivity index (χ0v) is 17.5. The predicted octanol–water partition coefficient (Wildman–Crippen LogP) is 4.28. The molecule has 0 amide bonds. The highest BCUT2D eigenvalue weighted by atomic mass is 28.4. The molecule has 4 nitrogen and oxygen atoms in total. The second kappa shape index (κ2) is 7.20. The van der Waals surface area contributed by atoms with Crippen molar-refractivity contribution in [2.24, 2.45) is 17.8 Å². The van der Waals surface area contributed by atoms with Gasteiger partial charge in [0.2, 0.25) is 0 Å². The number of rotatable bonds is 4. The van der Waals surface area contributed by atoms with Gasteiger partial charge in [-0.15, -0.1) is 0 Å². The average molecular weight is 365 g/mol. The van der Waals surface area contributed by atoms with Gasteiger partial charge < -0.3 is 14.0 Å². The van der Waals surface area contributed by atoms with Crippen molar-refractivity contribution in [3.63, 3.8) is 0 Å². The van der Waals surface area contributed by atoms with Crippen LogP contribution in [0.25, 0.3) is 0 Å². The summed E-state index contributed by atoms with van der Waals surface area (Å²) in [6.07, 6.45) is 7.44. The van der Waals surface area contributed by atoms with Crippen LogP contribution in [0.1, 0.15) is 41.0 Å². The molecule has 0 unspecified atom stereocenters. The van der Waals surface area contributed by atoms with Gasteiger partial charge >= 0.3 is 5.97 Å². The van der Waals surface area contributed by atoms with E-state index in [1.807, 2.05) is 6.08 Å². The van der Waals surface area contributed by atoms with Crippen LogP contribution >= 0.6 is 0 Å². The van der Waals surface area contributed by atoms with Crippen molar-refractivity contribution in [3.05, 3.63) is 23.8 Å². The van der Waals surface area contributed by atoms with Crippen molar-refractivity contribution >= 4 is 20.6 Å². The number of hydrogen-bond donors (Lipinski definition) is 0. The maximum absolute atomic E-state index is 11.8. The molecule has 2 aliphatic carbocycles. The molecule has 5 atom stereocenters. The maximum Gasteiger partial charge on any atom is 0.303 e. The monoisotopic (exact) mass is 364 g/mol. The molecule has 0 saturated heterocycles. The van der Waals surface area contributed by atoms with Crippen LogP contribution in [0.3, 0.4) is 0 Å². The smallest absolute Gasteiger partial charge is 0.303 e. The topological polar surface area (TPSA) is 52.6 Å². The summed E-state index contributed by atoms with van der Waals surface area (Å²) < 4.78 is 12.2. The van der Waals surface area contributed by atoms with Gasteiger partial charge in [0.25, 0.3) is 0 Å². The van der Waals surface area contributed by atoms with Gasteiger partial charge in [0.1, 0.15) is 12.4 Å². The fraction of sp³-hybridized carbons (Fsp3) is 0.700. The number of carbonyl (C=O) groups excluding carboxylic acids is 2. The van der Waals surface area contributed by atoms with E-state index in [-0.39, 0.29) is 41.0 Å². The molecule has 0 aromatic rings. The third kappa shape index (κ3) is 4.32. The Morgan fingerprint density at radius 2 is 1.96 bits per heavy atom. The zero-order chi connectivity index (χ0) is 19.0. The molecule has 0 fully saturated rings. The molecular weight excluding hydrogens is 332 g/mol. The Bertz CT molecular complexity index is 585. The van der Waals surface area contributed by atoms with Gasteiger partial charge in [-0.05, 0) is 35.7 Å². The average Bonchev–Trinajstić information content (AvgIpc) is 2.45. The van der Waals surface area contributed by atoms with Crippen LogP contribution in [0.5, 0.6) is 0 Å². The molecule has 0 bridgehead atoms. The predicted molar refractivity (Wildman–Crippen MR) is 102 cm³/mol. The fourth-order valence-electron chi connectivity index (χ4n) is 3.52. The number of aldehydes is 1. The van der Waals surface area contributed by atoms with Crippen LogP contribution in [0.15, 0.2) is 23.8 Å². The van der Waals surface area contributed by atoms with Crippen molar-refractivity contribution in [2.75, 3.05) is 0 Å². The first kappa shape index (κ1) is 20.1. The van der Waals surface area contributed by atoms with Gasteiger partial charge in [-0.25, -0.2) is 0 Å². The van der Waals surface area contributed by atoms with Gasteiger partial charge in [-0.3, -0.25) is 4.79 Å². The lowest BCUT2D eigenvalue weighted by atomic mass is 9.68. The van der Waals surface area contributed by atoms with Crippen molar-refractivity contribution in [1.29, 1.82) is 0 Å². The van der Waals surface area contributed by atoms with Crippen molar-refractivity contribution in [2.45, 2.75) is 71.4 Å². The summed E-state index contributed by atoms with van der Waals surface area (Å²) in [6, 6.07) is 0. The molecule has 25 heavy (non-hydrogen) atoms. The summed E-state index contributed by atoms with van der Waals surface area (Å²) in [5.74, 6) is -0.148. The first-order valence-electron chi connectivity index (χ1n) is 9.16. The van der Waals surface area contributed by atoms with Gasteiger partial charge in [-0.2, -0.15) is 0 Å². The highest BCUT2D eigenvalue weighted by Crippen LogP contribution is 2.45. The molecule has 0 heterocycles. The summed E-state index contributed by atoms with van der Waals surface area (Å²) >= 11 is 0. The second-order valence-electron chi connectivity index (χ2n) is 8.92. The molecule has 0 aliphatic heterocycles. The van der Waals surface area contributed by atoms with Gasteiger partial charge in [0.05, 0.1) is 6.10 Å². The Balaban J connectivity index is 2.38. The number of esters is 1. The van der Waals surface area contributed by atoms with E-state index in [0.29, 0.717) is 6.42 Å². The molecule has 0 saturated carbocycles. The maximum atomic E-state index is 11.8. The van der Waals surface area contributed by atoms with E-state index in [9.17, 15) is 9.59 Å². The summed E-state index contributed by atoms with van der Waals surface area (Å²) in [4.78, 5) is 23.2. The van der Waals surface area contributed by atoms with Gasteiger partial charge in [-0.1, -0.05) is 39.8 Å². The van der Waals surface area contributed by atoms with Gasteiger partial charge in [0.15, 0.2) is 8.32 Å². The lowest BCUT2D eigenvalue weighted by Gasteiger charge is -2.46. The first-order chi connectivity index (χ1) is 11.5. The molecule has 0 spiro atoms. The fourth-order valence-corrected chi connectivity index (χ4v) is 4.87. The number of allylic oxidation sites excluding steroid dienone is 2. The molecule has 2 rings (SSSR count). The molecule has 0 aromatic heterocycles. The zero-order valence-electron chi connectivity index (χ0n) is 16.5. The summed E-state index contributed by atoms with van der Waals surface area (Å²) in [7, 11) is -2.01. The Kier molecular flexibility index (Phi) is 5.79. The summed E-state index contributed by atoms with van der Waals surface area (Å²) in [6.45, 7) is 14.6. The molecular formula is C20H32O4Si. The summed E-state index contributed by atoms with van der Waals surface area (Å²) in [5.41, 5.74) is 1.07. The SMILES string of the molecule is CC(=O)O[C@@H]1C=C2C=C[C@H](C)[C@H](C=O)[C@H]2[C@@H](O[Si](C)(C)C(C)(C)C)C1. The van der Waals surface area contributed by atoms with Crippen molar-refractivity contribution in [3.8, 4) is 0 Å². The Morgan fingerprint density at radius 1 is 1.32 bits per heavy atom. The number of ether oxygens (including phenoxy) is 1. The summed E-state index contributed by atoms with van der Waals surface area (Å²) in [5, 5.41) is 0.0814. The van der Waals surface area contributed by atoms with Crippen LogP contribution in [0.2, 0.25) is 18.1 Å². The molecule has 140 valence electrons. The Labute approximate surface area is 152 Å². The highest BCUT2D eigenvalue weighted by Gasteiger charge is 2.46. The minimum Gasteiger partial charge on any atom is -0.458 e. The Hall–Kier alpha value is -1.20. The van der Waals surface area contributed by atoms with Crippen LogP contribution in [-0.4, -0.2) is 32.8 Å². The number of fused-ring (bicyclic) bond motifs is 1. The van der Waals surface area contributed by atoms with Crippen molar-refractivity contribution < 1.29 is 18.8 Å². The lowest BCUT2D eigenvalue weighted by Crippen LogP contribution is -2.50. The minimum atomic E-state index is -2.01. The third-order valence-electron chi connectivity index (χ3n) is 5.97. The molecule has 5 heteroatoms. The molecule has 0 radical (unpaired) electrons. The lowest BCUT2D eigenvalue weighted by molar-refractivity contribution is -0.146. The molecule has 2 aliphatic rings. The molecule has 0 N–H and O–H groups in total. The third-order valence-corrected chi connectivity index (χ3v) is 10.5. The van der Waals surface area contributed by atoms with E-state index in [1.165, 1.54) is 6.92 Å². The Morgan fingerprint density at radius 3 is 2.48 bits per heavy atom. The molecule has 0 aromatic carbocycles. The van der Waals surface area contributed by atoms with Crippen LogP contribution < -0.4 is 0 Å². The van der Waals surface area contributed by atoms with Gasteiger partial charge in [0, 0.05) is 25.2 Å². The number of carbonyl (C=O) groups is 2. The highest BCUT2D eigenvalue weighted by molar-refractivity contribution is 6.74. The standard InChI is InChI=1S/C20H32O4Si/c1-13-8-9-15-10-16(23-14(2)22)11-18(19(15)17(13)12-21)24-25(6,7)20(3,4)5/h8-10,12-13,16-19H,11H2,1-7H3/t13-,16+,17-,18-,19-/m0/s1. The second-order valence-corrected chi connectivity index (χ2v) is 13.7. The first-order valence-corrected chi connectivity index (χ1v) is 12.1. The number of hydrogen-bond acceptors (Lipinski definition) is 4. The van der Waals surface area contributed by atoms with E-state index < -0.39 is 8.32 Å².